The first kappa shape index (κ1) is 21.4. The van der Waals surface area contributed by atoms with Gasteiger partial charge in [0.1, 0.15) is 5.76 Å². The Morgan fingerprint density at radius 1 is 1.00 bits per heavy atom. The van der Waals surface area contributed by atoms with E-state index in [2.05, 4.69) is 10.2 Å². The number of carbonyl (C=O) groups excluding carboxylic acids is 1. The van der Waals surface area contributed by atoms with Crippen LogP contribution in [0.25, 0.3) is 11.3 Å². The van der Waals surface area contributed by atoms with E-state index in [-0.39, 0.29) is 11.7 Å². The van der Waals surface area contributed by atoms with Crippen molar-refractivity contribution in [2.24, 2.45) is 0 Å². The van der Waals surface area contributed by atoms with E-state index in [4.69, 9.17) is 16.0 Å². The molecular weight excluding hydrogens is 438 g/mol. The average Bonchev–Trinajstić information content (AvgIpc) is 3.24. The second-order valence-electron chi connectivity index (χ2n) is 7.32. The molecule has 1 amide bonds. The minimum atomic E-state index is -3.15. The lowest BCUT2D eigenvalue weighted by Crippen LogP contribution is -2.48. The van der Waals surface area contributed by atoms with Crippen molar-refractivity contribution in [3.63, 3.8) is 0 Å². The topological polar surface area (TPSA) is 82.9 Å². The Hall–Kier alpha value is -2.81. The van der Waals surface area contributed by atoms with Crippen LogP contribution in [0.4, 0.5) is 11.4 Å². The van der Waals surface area contributed by atoms with Gasteiger partial charge in [0.15, 0.2) is 5.76 Å². The first-order valence-electron chi connectivity index (χ1n) is 9.77. The van der Waals surface area contributed by atoms with Gasteiger partial charge in [-0.05, 0) is 48.5 Å². The summed E-state index contributed by atoms with van der Waals surface area (Å²) in [4.78, 5) is 14.7. The molecule has 31 heavy (non-hydrogen) atoms. The first-order chi connectivity index (χ1) is 14.8. The Labute approximate surface area is 186 Å². The largest absolute Gasteiger partial charge is 0.451 e. The number of hydrogen-bond acceptors (Lipinski definition) is 5. The molecule has 1 aliphatic heterocycles. The van der Waals surface area contributed by atoms with Gasteiger partial charge in [0.05, 0.1) is 6.26 Å². The number of hydrogen-bond donors (Lipinski definition) is 1. The summed E-state index contributed by atoms with van der Waals surface area (Å²) in [5.74, 6) is 0.426. The van der Waals surface area contributed by atoms with Gasteiger partial charge in [-0.25, -0.2) is 8.42 Å². The van der Waals surface area contributed by atoms with E-state index in [0.29, 0.717) is 42.6 Å². The number of halogens is 1. The summed E-state index contributed by atoms with van der Waals surface area (Å²) in [6.07, 6.45) is 1.23. The zero-order chi connectivity index (χ0) is 22.0. The van der Waals surface area contributed by atoms with Crippen molar-refractivity contribution in [2.75, 3.05) is 42.7 Å². The third kappa shape index (κ3) is 5.10. The van der Waals surface area contributed by atoms with Gasteiger partial charge >= 0.3 is 0 Å². The maximum absolute atomic E-state index is 12.5. The van der Waals surface area contributed by atoms with Crippen molar-refractivity contribution in [1.29, 1.82) is 0 Å². The second kappa shape index (κ2) is 8.74. The van der Waals surface area contributed by atoms with Gasteiger partial charge in [0.2, 0.25) is 10.0 Å². The molecule has 162 valence electrons. The van der Waals surface area contributed by atoms with Crippen LogP contribution < -0.4 is 10.2 Å². The summed E-state index contributed by atoms with van der Waals surface area (Å²) in [5, 5.41) is 3.42. The lowest BCUT2D eigenvalue weighted by atomic mass is 10.2. The zero-order valence-corrected chi connectivity index (χ0v) is 18.5. The quantitative estimate of drug-likeness (QED) is 0.625. The molecule has 0 aliphatic carbocycles. The van der Waals surface area contributed by atoms with Crippen LogP contribution in [0.2, 0.25) is 5.02 Å². The number of rotatable bonds is 5. The molecule has 2 heterocycles. The number of sulfonamides is 1. The molecule has 4 rings (SSSR count). The van der Waals surface area contributed by atoms with Crippen LogP contribution in [0, 0.1) is 0 Å². The molecular formula is C22H22ClN3O4S. The lowest BCUT2D eigenvalue weighted by molar-refractivity contribution is 0.0997. The molecule has 7 nitrogen and oxygen atoms in total. The number of amides is 1. The maximum Gasteiger partial charge on any atom is 0.291 e. The van der Waals surface area contributed by atoms with E-state index in [1.54, 1.807) is 24.3 Å². The molecule has 0 bridgehead atoms. The highest BCUT2D eigenvalue weighted by molar-refractivity contribution is 7.88. The minimum absolute atomic E-state index is 0.205. The summed E-state index contributed by atoms with van der Waals surface area (Å²) in [7, 11) is -3.15. The number of carbonyl (C=O) groups is 1. The predicted molar refractivity (Wildman–Crippen MR) is 122 cm³/mol. The summed E-state index contributed by atoms with van der Waals surface area (Å²) < 4.78 is 30.5. The van der Waals surface area contributed by atoms with E-state index >= 15 is 0 Å². The molecule has 1 aliphatic rings. The average molecular weight is 460 g/mol. The van der Waals surface area contributed by atoms with Gasteiger partial charge in [0, 0.05) is 48.1 Å². The lowest BCUT2D eigenvalue weighted by Gasteiger charge is -2.34. The highest BCUT2D eigenvalue weighted by Crippen LogP contribution is 2.26. The van der Waals surface area contributed by atoms with Crippen molar-refractivity contribution in [2.45, 2.75) is 0 Å². The molecule has 0 radical (unpaired) electrons. The van der Waals surface area contributed by atoms with E-state index in [9.17, 15) is 13.2 Å². The summed E-state index contributed by atoms with van der Waals surface area (Å²) in [6, 6.07) is 18.0. The fourth-order valence-corrected chi connectivity index (χ4v) is 4.50. The Morgan fingerprint density at radius 2 is 1.71 bits per heavy atom. The highest BCUT2D eigenvalue weighted by Gasteiger charge is 2.23. The van der Waals surface area contributed by atoms with Gasteiger partial charge in [-0.1, -0.05) is 23.7 Å². The normalized spacial score (nSPS) is 15.1. The van der Waals surface area contributed by atoms with E-state index < -0.39 is 10.0 Å². The number of nitrogens with one attached hydrogen (secondary N) is 1. The maximum atomic E-state index is 12.5. The van der Waals surface area contributed by atoms with E-state index in [1.807, 2.05) is 36.4 Å². The summed E-state index contributed by atoms with van der Waals surface area (Å²) >= 11 is 6.01. The van der Waals surface area contributed by atoms with Crippen molar-refractivity contribution in [3.8, 4) is 11.3 Å². The molecule has 9 heteroatoms. The Bertz CT molecular complexity index is 1180. The summed E-state index contributed by atoms with van der Waals surface area (Å²) in [5.41, 5.74) is 2.42. The molecule has 0 saturated carbocycles. The van der Waals surface area contributed by atoms with Gasteiger partial charge in [-0.2, -0.15) is 4.31 Å². The van der Waals surface area contributed by atoms with Crippen LogP contribution in [-0.2, 0) is 10.0 Å². The third-order valence-electron chi connectivity index (χ3n) is 5.14. The van der Waals surface area contributed by atoms with Crippen LogP contribution in [0.5, 0.6) is 0 Å². The van der Waals surface area contributed by atoms with Crippen molar-refractivity contribution in [1.82, 2.24) is 4.31 Å². The van der Waals surface area contributed by atoms with E-state index in [1.165, 1.54) is 10.6 Å². The Balaban J connectivity index is 1.38. The highest BCUT2D eigenvalue weighted by atomic mass is 35.5. The molecule has 1 N–H and O–H groups in total. The molecule has 0 unspecified atom stereocenters. The SMILES string of the molecule is CS(=O)(=O)N1CCN(c2ccc(NC(=O)c3ccc(-c4cccc(Cl)c4)o3)cc2)CC1. The molecule has 0 spiro atoms. The van der Waals surface area contributed by atoms with Gasteiger partial charge in [0.25, 0.3) is 5.91 Å². The second-order valence-corrected chi connectivity index (χ2v) is 9.74. The van der Waals surface area contributed by atoms with Gasteiger partial charge < -0.3 is 14.6 Å². The molecule has 3 aromatic rings. The van der Waals surface area contributed by atoms with Crippen LogP contribution in [0.15, 0.2) is 65.1 Å². The standard InChI is InChI=1S/C22H22ClN3O4S/c1-31(28,29)26-13-11-25(12-14-26)19-7-5-18(6-8-19)24-22(27)21-10-9-20(30-21)16-3-2-4-17(23)15-16/h2-10,15H,11-14H2,1H3,(H,24,27). The van der Waals surface area contributed by atoms with Crippen molar-refractivity contribution >= 4 is 38.9 Å². The zero-order valence-electron chi connectivity index (χ0n) is 16.9. The predicted octanol–water partition coefficient (Wildman–Crippen LogP) is 3.93. The first-order valence-corrected chi connectivity index (χ1v) is 12.0. The molecule has 1 fully saturated rings. The number of nitrogens with zero attached hydrogens (tertiary/aromatic N) is 2. The Morgan fingerprint density at radius 3 is 2.35 bits per heavy atom. The third-order valence-corrected chi connectivity index (χ3v) is 6.68. The molecule has 1 saturated heterocycles. The van der Waals surface area contributed by atoms with Crippen LogP contribution in [0.1, 0.15) is 10.6 Å². The van der Waals surface area contributed by atoms with Crippen molar-refractivity contribution < 1.29 is 17.6 Å². The van der Waals surface area contributed by atoms with Crippen LogP contribution in [-0.4, -0.2) is 51.1 Å². The van der Waals surface area contributed by atoms with Gasteiger partial charge in [-0.15, -0.1) is 0 Å². The fraction of sp³-hybridized carbons (Fsp3) is 0.227. The van der Waals surface area contributed by atoms with Crippen molar-refractivity contribution in [3.05, 3.63) is 71.4 Å². The van der Waals surface area contributed by atoms with E-state index in [0.717, 1.165) is 11.3 Å². The van der Waals surface area contributed by atoms with Gasteiger partial charge in [-0.3, -0.25) is 4.79 Å². The number of furan rings is 1. The monoisotopic (exact) mass is 459 g/mol. The minimum Gasteiger partial charge on any atom is -0.451 e. The number of benzene rings is 2. The van der Waals surface area contributed by atoms with Crippen LogP contribution in [0.3, 0.4) is 0 Å². The molecule has 2 aromatic carbocycles. The smallest absolute Gasteiger partial charge is 0.291 e. The summed E-state index contributed by atoms with van der Waals surface area (Å²) in [6.45, 7) is 2.17. The fourth-order valence-electron chi connectivity index (χ4n) is 3.48. The molecule has 1 aromatic heterocycles. The number of anilines is 2. The Kier molecular flexibility index (Phi) is 6.04. The van der Waals surface area contributed by atoms with Crippen LogP contribution >= 0.6 is 11.6 Å². The number of piperazine rings is 1. The molecule has 0 atom stereocenters.